The summed E-state index contributed by atoms with van der Waals surface area (Å²) in [6.07, 6.45) is 9.19. The quantitative estimate of drug-likeness (QED) is 0.874. The lowest BCUT2D eigenvalue weighted by atomic mass is 9.96. The molecule has 0 bridgehead atoms. The van der Waals surface area contributed by atoms with Crippen molar-refractivity contribution in [1.29, 1.82) is 0 Å². The van der Waals surface area contributed by atoms with Gasteiger partial charge >= 0.3 is 0 Å². The van der Waals surface area contributed by atoms with Crippen LogP contribution < -0.4 is 15.4 Å². The van der Waals surface area contributed by atoms with Crippen LogP contribution in [0.4, 0.5) is 5.69 Å². The van der Waals surface area contributed by atoms with Crippen molar-refractivity contribution in [3.8, 4) is 5.75 Å². The molecule has 4 nitrogen and oxygen atoms in total. The third-order valence-electron chi connectivity index (χ3n) is 3.96. The molecule has 0 aliphatic heterocycles. The Morgan fingerprint density at radius 3 is 2.62 bits per heavy atom. The summed E-state index contributed by atoms with van der Waals surface area (Å²) in [6.45, 7) is 0.0589. The lowest BCUT2D eigenvalue weighted by Gasteiger charge is -2.22. The van der Waals surface area contributed by atoms with Gasteiger partial charge in [0.15, 0.2) is 6.61 Å². The molecule has 0 heterocycles. The highest BCUT2D eigenvalue weighted by Gasteiger charge is 2.11. The number of likely N-dealkylation sites (N-methyl/N-ethyl adjacent to an activating group) is 1. The fourth-order valence-corrected chi connectivity index (χ4v) is 2.73. The van der Waals surface area contributed by atoms with E-state index in [2.05, 4.69) is 16.7 Å². The summed E-state index contributed by atoms with van der Waals surface area (Å²) in [4.78, 5) is 11.2. The molecule has 116 valence electrons. The minimum Gasteiger partial charge on any atom is -0.484 e. The van der Waals surface area contributed by atoms with Crippen LogP contribution in [-0.2, 0) is 4.79 Å². The summed E-state index contributed by atoms with van der Waals surface area (Å²) in [5.41, 5.74) is 1.08. The van der Waals surface area contributed by atoms with Gasteiger partial charge in [0.2, 0.25) is 0 Å². The Kier molecular flexibility index (Phi) is 6.38. The summed E-state index contributed by atoms with van der Waals surface area (Å²) in [7, 11) is 1.61. The molecule has 1 amide bonds. The van der Waals surface area contributed by atoms with Gasteiger partial charge in [-0.25, -0.2) is 0 Å². The number of carbonyl (C=O) groups excluding carboxylic acids is 1. The highest BCUT2D eigenvalue weighted by atomic mass is 16.5. The average Bonchev–Trinajstić information content (AvgIpc) is 2.48. The highest BCUT2D eigenvalue weighted by molar-refractivity contribution is 5.77. The lowest BCUT2D eigenvalue weighted by molar-refractivity contribution is -0.122. The van der Waals surface area contributed by atoms with Crippen molar-refractivity contribution in [2.45, 2.75) is 51.0 Å². The van der Waals surface area contributed by atoms with Crippen molar-refractivity contribution in [3.05, 3.63) is 24.3 Å². The zero-order valence-electron chi connectivity index (χ0n) is 12.9. The second-order valence-corrected chi connectivity index (χ2v) is 5.68. The number of hydrogen-bond acceptors (Lipinski definition) is 3. The first-order valence-corrected chi connectivity index (χ1v) is 7.98. The fraction of sp³-hybridized carbons (Fsp3) is 0.588. The van der Waals surface area contributed by atoms with Crippen LogP contribution in [0.15, 0.2) is 24.3 Å². The molecule has 1 aliphatic carbocycles. The molecule has 1 aromatic rings. The molecule has 0 aromatic heterocycles. The summed E-state index contributed by atoms with van der Waals surface area (Å²) >= 11 is 0. The van der Waals surface area contributed by atoms with Crippen LogP contribution in [0.25, 0.3) is 0 Å². The number of rotatable bonds is 5. The number of amides is 1. The first-order valence-electron chi connectivity index (χ1n) is 7.98. The topological polar surface area (TPSA) is 50.4 Å². The van der Waals surface area contributed by atoms with Crippen LogP contribution in [0.3, 0.4) is 0 Å². The normalized spacial score (nSPS) is 16.6. The van der Waals surface area contributed by atoms with Gasteiger partial charge in [-0.05, 0) is 25.0 Å². The van der Waals surface area contributed by atoms with Crippen LogP contribution in [-0.4, -0.2) is 25.6 Å². The van der Waals surface area contributed by atoms with E-state index in [-0.39, 0.29) is 12.5 Å². The largest absolute Gasteiger partial charge is 0.484 e. The zero-order valence-corrected chi connectivity index (χ0v) is 12.9. The van der Waals surface area contributed by atoms with Gasteiger partial charge in [-0.3, -0.25) is 4.79 Å². The van der Waals surface area contributed by atoms with Crippen molar-refractivity contribution in [2.75, 3.05) is 19.0 Å². The van der Waals surface area contributed by atoms with E-state index in [9.17, 15) is 4.79 Å². The Hall–Kier alpha value is -1.71. The molecule has 2 rings (SSSR count). The molecule has 0 saturated heterocycles. The molecular weight excluding hydrogens is 264 g/mol. The Morgan fingerprint density at radius 1 is 1.19 bits per heavy atom. The second-order valence-electron chi connectivity index (χ2n) is 5.68. The molecule has 0 spiro atoms. The van der Waals surface area contributed by atoms with E-state index in [1.54, 1.807) is 7.05 Å². The van der Waals surface area contributed by atoms with Gasteiger partial charge in [0.1, 0.15) is 5.75 Å². The first kappa shape index (κ1) is 15.7. The van der Waals surface area contributed by atoms with Crippen LogP contribution in [0, 0.1) is 0 Å². The molecule has 0 atom stereocenters. The monoisotopic (exact) mass is 290 g/mol. The van der Waals surface area contributed by atoms with E-state index in [4.69, 9.17) is 4.74 Å². The number of ether oxygens (including phenoxy) is 1. The summed E-state index contributed by atoms with van der Waals surface area (Å²) in [5.74, 6) is 0.614. The van der Waals surface area contributed by atoms with Crippen molar-refractivity contribution in [3.63, 3.8) is 0 Å². The maximum atomic E-state index is 11.2. The molecule has 1 fully saturated rings. The number of hydrogen-bond donors (Lipinski definition) is 2. The standard InChI is InChI=1S/C17H26N2O2/c1-18-17(20)13-21-16-11-7-10-15(12-16)19-14-8-5-3-2-4-6-9-14/h7,10-12,14,19H,2-6,8-9,13H2,1H3,(H,18,20). The number of benzene rings is 1. The van der Waals surface area contributed by atoms with Gasteiger partial charge in [0, 0.05) is 24.8 Å². The second kappa shape index (κ2) is 8.55. The van der Waals surface area contributed by atoms with E-state index in [0.29, 0.717) is 6.04 Å². The maximum Gasteiger partial charge on any atom is 0.257 e. The van der Waals surface area contributed by atoms with Gasteiger partial charge in [-0.2, -0.15) is 0 Å². The molecular formula is C17H26N2O2. The summed E-state index contributed by atoms with van der Waals surface area (Å²) < 4.78 is 5.48. The number of carbonyl (C=O) groups is 1. The fourth-order valence-electron chi connectivity index (χ4n) is 2.73. The van der Waals surface area contributed by atoms with E-state index < -0.39 is 0 Å². The molecule has 1 aromatic carbocycles. The van der Waals surface area contributed by atoms with Crippen molar-refractivity contribution >= 4 is 11.6 Å². The van der Waals surface area contributed by atoms with E-state index >= 15 is 0 Å². The summed E-state index contributed by atoms with van der Waals surface area (Å²) in [6, 6.07) is 8.43. The minimum absolute atomic E-state index is 0.0589. The van der Waals surface area contributed by atoms with Crippen molar-refractivity contribution < 1.29 is 9.53 Å². The molecule has 4 heteroatoms. The predicted molar refractivity (Wildman–Crippen MR) is 85.7 cm³/mol. The first-order chi connectivity index (χ1) is 10.3. The summed E-state index contributed by atoms with van der Waals surface area (Å²) in [5, 5.41) is 6.16. The molecule has 1 aliphatic rings. The smallest absolute Gasteiger partial charge is 0.257 e. The molecule has 1 saturated carbocycles. The Labute approximate surface area is 127 Å². The van der Waals surface area contributed by atoms with Gasteiger partial charge in [-0.15, -0.1) is 0 Å². The molecule has 0 unspecified atom stereocenters. The van der Waals surface area contributed by atoms with Crippen LogP contribution in [0.1, 0.15) is 44.9 Å². The minimum atomic E-state index is -0.117. The molecule has 0 radical (unpaired) electrons. The molecule has 21 heavy (non-hydrogen) atoms. The van der Waals surface area contributed by atoms with Crippen LogP contribution >= 0.6 is 0 Å². The predicted octanol–water partition coefficient (Wildman–Crippen LogP) is 3.34. The maximum absolute atomic E-state index is 11.2. The van der Waals surface area contributed by atoms with Crippen LogP contribution in [0.2, 0.25) is 0 Å². The molecule has 2 N–H and O–H groups in total. The number of nitrogens with one attached hydrogen (secondary N) is 2. The van der Waals surface area contributed by atoms with Gasteiger partial charge in [-0.1, -0.05) is 38.2 Å². The van der Waals surface area contributed by atoms with Crippen molar-refractivity contribution in [2.24, 2.45) is 0 Å². The lowest BCUT2D eigenvalue weighted by Crippen LogP contribution is -2.25. The Balaban J connectivity index is 1.88. The average molecular weight is 290 g/mol. The van der Waals surface area contributed by atoms with E-state index in [1.807, 2.05) is 18.2 Å². The SMILES string of the molecule is CNC(=O)COc1cccc(NC2CCCCCCC2)c1. The Morgan fingerprint density at radius 2 is 1.90 bits per heavy atom. The Bertz CT molecular complexity index is 440. The van der Waals surface area contributed by atoms with Gasteiger partial charge in [0.25, 0.3) is 5.91 Å². The number of anilines is 1. The highest BCUT2D eigenvalue weighted by Crippen LogP contribution is 2.23. The van der Waals surface area contributed by atoms with E-state index in [1.165, 1.54) is 44.9 Å². The third kappa shape index (κ3) is 5.66. The van der Waals surface area contributed by atoms with E-state index in [0.717, 1.165) is 11.4 Å². The van der Waals surface area contributed by atoms with Crippen molar-refractivity contribution in [1.82, 2.24) is 5.32 Å². The third-order valence-corrected chi connectivity index (χ3v) is 3.96. The van der Waals surface area contributed by atoms with Gasteiger partial charge < -0.3 is 15.4 Å². The zero-order chi connectivity index (χ0) is 14.9. The van der Waals surface area contributed by atoms with Crippen LogP contribution in [0.5, 0.6) is 5.75 Å². The van der Waals surface area contributed by atoms with Gasteiger partial charge in [0.05, 0.1) is 0 Å².